The second-order valence-corrected chi connectivity index (χ2v) is 19.9. The van der Waals surface area contributed by atoms with E-state index in [0.29, 0.717) is 24.5 Å². The molecule has 378 valence electrons. The maximum Gasteiger partial charge on any atom is 0.407 e. The van der Waals surface area contributed by atoms with Gasteiger partial charge in [0.05, 0.1) is 62.6 Å². The molecule has 12 nitrogen and oxygen atoms in total. The third kappa shape index (κ3) is 14.0. The van der Waals surface area contributed by atoms with Gasteiger partial charge in [-0.25, -0.2) is 14.0 Å². The first-order valence-electron chi connectivity index (χ1n) is 24.0. The number of amides is 1. The smallest absolute Gasteiger partial charge is 0.407 e. The molecule has 1 amide bonds. The van der Waals surface area contributed by atoms with Crippen LogP contribution in [0.15, 0.2) is 162 Å². The van der Waals surface area contributed by atoms with Gasteiger partial charge in [-0.15, -0.1) is 0 Å². The molecule has 72 heavy (non-hydrogen) atoms. The highest BCUT2D eigenvalue weighted by Crippen LogP contribution is 2.49. The Bertz CT molecular complexity index is 2720. The molecule has 7 rings (SSSR count). The number of benzene rings is 5. The van der Waals surface area contributed by atoms with Crippen LogP contribution in [0.1, 0.15) is 62.8 Å². The van der Waals surface area contributed by atoms with E-state index in [1.165, 1.54) is 15.8 Å². The Hall–Kier alpha value is -5.50. The predicted molar refractivity (Wildman–Crippen MR) is 284 cm³/mol. The van der Waals surface area contributed by atoms with E-state index in [9.17, 15) is 10.1 Å². The number of nitrogens with zero attached hydrogens (tertiary/aromatic N) is 4. The molecule has 1 N–H and O–H groups in total. The lowest BCUT2D eigenvalue weighted by atomic mass is 9.80. The van der Waals surface area contributed by atoms with Gasteiger partial charge in [0.1, 0.15) is 30.3 Å². The average Bonchev–Trinajstić information content (AvgIpc) is 3.74. The number of nitriles is 1. The molecule has 1 aromatic heterocycles. The number of methoxy groups -OCH3 is 2. The molecule has 2 atom stereocenters. The van der Waals surface area contributed by atoms with Gasteiger partial charge < -0.3 is 62.2 Å². The molecule has 1 unspecified atom stereocenters. The minimum atomic E-state index is -1.72. The highest BCUT2D eigenvalue weighted by atomic mass is 127. The van der Waals surface area contributed by atoms with E-state index in [2.05, 4.69) is 133 Å². The maximum absolute atomic E-state index is 13.7. The Kier molecular flexibility index (Phi) is 21.3. The number of fused-ring (bicyclic) bond motifs is 2. The number of aromatic nitrogens is 1. The maximum atomic E-state index is 13.7. The number of aryl methyl sites for hydroxylation is 1. The van der Waals surface area contributed by atoms with Crippen LogP contribution in [0.4, 0.5) is 10.5 Å². The lowest BCUT2D eigenvalue weighted by Crippen LogP contribution is -3.00. The molecule has 0 radical (unpaired) electrons. The monoisotopic (exact) mass is 1120 g/mol. The van der Waals surface area contributed by atoms with Crippen molar-refractivity contribution >= 4 is 49.0 Å². The standard InChI is InChI=1S/C57H64N5O7PS.HI/c1-42(2)62(43(3)4)70(68-39-16-35-58)69-50(41-67-57(45-19-9-8-10-20-45,46-26-30-48(64-6)31-27-46)47-28-32-49(65-7)33-29-47)40-59-56(63)66-38-17-36-61-53-23-13-14-24-54(53)71-55(61)25-15-18-44-34-37-60(5)52-22-12-11-21-51(44)52;/h8-15,18-34,37,42-43,50H,16-17,36,38-41H2,1-7H3;1H/t50-,70?;/m0./s1. The predicted octanol–water partition coefficient (Wildman–Crippen LogP) is 8.94. The number of nitrogens with one attached hydrogen (secondary N) is 1. The van der Waals surface area contributed by atoms with Gasteiger partial charge in [0, 0.05) is 42.2 Å². The summed E-state index contributed by atoms with van der Waals surface area (Å²) in [7, 11) is 3.62. The van der Waals surface area contributed by atoms with Crippen molar-refractivity contribution in [3.8, 4) is 17.6 Å². The van der Waals surface area contributed by atoms with E-state index < -0.39 is 26.3 Å². The van der Waals surface area contributed by atoms with Crippen molar-refractivity contribution < 1.29 is 61.3 Å². The molecule has 15 heteroatoms. The van der Waals surface area contributed by atoms with E-state index >= 15 is 0 Å². The number of thioether (sulfide) groups is 1. The van der Waals surface area contributed by atoms with Gasteiger partial charge in [-0.3, -0.25) is 0 Å². The summed E-state index contributed by atoms with van der Waals surface area (Å²) in [4.78, 5) is 17.1. The largest absolute Gasteiger partial charge is 1.00 e. The number of pyridine rings is 1. The number of allylic oxidation sites excluding steroid dienone is 2. The number of alkyl carbamates (subject to hydrolysis) is 1. The number of hydrogen-bond acceptors (Lipinski definition) is 11. The molecule has 6 aromatic rings. The van der Waals surface area contributed by atoms with Crippen molar-refractivity contribution in [1.29, 1.82) is 5.26 Å². The zero-order valence-corrected chi connectivity index (χ0v) is 45.9. The molecule has 1 aliphatic rings. The molecule has 1 aliphatic heterocycles. The summed E-state index contributed by atoms with van der Waals surface area (Å²) in [5, 5.41) is 14.7. The first kappa shape index (κ1) is 55.8. The summed E-state index contributed by atoms with van der Waals surface area (Å²) < 4.78 is 41.9. The zero-order chi connectivity index (χ0) is 50.2. The van der Waals surface area contributed by atoms with E-state index in [0.717, 1.165) is 33.0 Å². The molecule has 0 saturated carbocycles. The van der Waals surface area contributed by atoms with E-state index in [4.69, 9.17) is 28.0 Å². The third-order valence-corrected chi connectivity index (χ3v) is 15.3. The van der Waals surface area contributed by atoms with Crippen LogP contribution in [-0.2, 0) is 31.2 Å². The number of hydrogen-bond donors (Lipinski definition) is 1. The Balaban J connectivity index is 0.00000847. The molecule has 5 aromatic carbocycles. The average molecular weight is 1120 g/mol. The summed E-state index contributed by atoms with van der Waals surface area (Å²) in [6, 6.07) is 46.9. The summed E-state index contributed by atoms with van der Waals surface area (Å²) >= 11 is 1.73. The molecule has 0 bridgehead atoms. The quantitative estimate of drug-likeness (QED) is 0.0206. The number of ether oxygens (including phenoxy) is 4. The van der Waals surface area contributed by atoms with Gasteiger partial charge in [-0.2, -0.15) is 5.26 Å². The highest BCUT2D eigenvalue weighted by molar-refractivity contribution is 8.03. The van der Waals surface area contributed by atoms with Crippen LogP contribution in [0.2, 0.25) is 0 Å². The van der Waals surface area contributed by atoms with Gasteiger partial charge in [0.25, 0.3) is 8.53 Å². The van der Waals surface area contributed by atoms with E-state index in [-0.39, 0.29) is 68.8 Å². The van der Waals surface area contributed by atoms with E-state index in [1.807, 2.05) is 84.9 Å². The van der Waals surface area contributed by atoms with Crippen molar-refractivity contribution in [2.45, 2.75) is 69.2 Å². The Morgan fingerprint density at radius 1 is 0.833 bits per heavy atom. The normalized spacial score (nSPS) is 13.8. The second kappa shape index (κ2) is 27.5. The summed E-state index contributed by atoms with van der Waals surface area (Å²) in [5.41, 5.74) is 4.88. The van der Waals surface area contributed by atoms with Crippen LogP contribution in [0, 0.1) is 11.3 Å². The summed E-state index contributed by atoms with van der Waals surface area (Å²) in [5.74, 6) is 1.41. The Morgan fingerprint density at radius 2 is 1.46 bits per heavy atom. The molecule has 0 aliphatic carbocycles. The fourth-order valence-electron chi connectivity index (χ4n) is 8.65. The highest BCUT2D eigenvalue weighted by Gasteiger charge is 2.40. The summed E-state index contributed by atoms with van der Waals surface area (Å²) in [6.45, 7) is 9.43. The van der Waals surface area contributed by atoms with Crippen LogP contribution in [0.5, 0.6) is 11.5 Å². The van der Waals surface area contributed by atoms with Crippen LogP contribution in [0.25, 0.3) is 17.0 Å². The fourth-order valence-corrected chi connectivity index (χ4v) is 11.4. The molecule has 0 saturated heterocycles. The van der Waals surface area contributed by atoms with Crippen molar-refractivity contribution in [2.24, 2.45) is 7.05 Å². The minimum absolute atomic E-state index is 0. The molecule has 2 heterocycles. The lowest BCUT2D eigenvalue weighted by molar-refractivity contribution is -0.644. The molecule has 0 spiro atoms. The topological polar surface area (TPSA) is 119 Å². The van der Waals surface area contributed by atoms with E-state index in [1.54, 1.807) is 26.0 Å². The molecular formula is C57H65IN5O7PS. The lowest BCUT2D eigenvalue weighted by Gasteiger charge is -2.39. The van der Waals surface area contributed by atoms with Crippen molar-refractivity contribution in [2.75, 3.05) is 52.0 Å². The number of carbonyl (C=O) groups excluding carboxylic acids is 1. The second-order valence-electron chi connectivity index (χ2n) is 17.4. The number of halogens is 1. The van der Waals surface area contributed by atoms with Gasteiger partial charge in [0.15, 0.2) is 6.20 Å². The number of anilines is 1. The number of rotatable bonds is 24. The van der Waals surface area contributed by atoms with Crippen molar-refractivity contribution in [1.82, 2.24) is 9.99 Å². The van der Waals surface area contributed by atoms with Crippen LogP contribution in [-0.4, -0.2) is 76.1 Å². The van der Waals surface area contributed by atoms with Crippen molar-refractivity contribution in [3.05, 3.63) is 179 Å². The summed E-state index contributed by atoms with van der Waals surface area (Å²) in [6.07, 6.45) is 7.97. The SMILES string of the molecule is COc1ccc(C(OC[C@H](CNC(=O)OCCCN2/C(=C/C=C/c3cc[n+](C)c4ccccc34)Sc3ccccc32)OP(OCCC#N)N(C(C)C)C(C)C)(c2ccccc2)c2ccc(OC)cc2)cc1.[I-]. The number of carbonyl (C=O) groups is 1. The van der Waals surface area contributed by atoms with Crippen LogP contribution in [0.3, 0.4) is 0 Å². The fraction of sp³-hybridized carbons (Fsp3) is 0.316. The minimum Gasteiger partial charge on any atom is -1.00 e. The van der Waals surface area contributed by atoms with Crippen LogP contribution < -0.4 is 48.2 Å². The first-order chi connectivity index (χ1) is 34.6. The Morgan fingerprint density at radius 3 is 2.11 bits per heavy atom. The molecule has 0 fully saturated rings. The van der Waals surface area contributed by atoms with Gasteiger partial charge in [-0.05, 0) is 105 Å². The first-order valence-corrected chi connectivity index (χ1v) is 25.9. The number of para-hydroxylation sites is 2. The van der Waals surface area contributed by atoms with Crippen molar-refractivity contribution in [3.63, 3.8) is 0 Å². The third-order valence-electron chi connectivity index (χ3n) is 12.0. The van der Waals surface area contributed by atoms with Gasteiger partial charge in [-0.1, -0.05) is 103 Å². The molecular weight excluding hydrogens is 1060 g/mol. The van der Waals surface area contributed by atoms with Gasteiger partial charge >= 0.3 is 6.09 Å². The van der Waals surface area contributed by atoms with Crippen LogP contribution >= 0.6 is 20.3 Å². The van der Waals surface area contributed by atoms with Gasteiger partial charge in [0.2, 0.25) is 5.52 Å². The zero-order valence-electron chi connectivity index (χ0n) is 42.1. The Labute approximate surface area is 447 Å².